The second-order valence-electron chi connectivity index (χ2n) is 9.95. The molecule has 39 heavy (non-hydrogen) atoms. The smallest absolute Gasteiger partial charge is 0.283 e. The minimum Gasteiger partial charge on any atom is -0.335 e. The molecule has 1 aliphatic rings. The first-order valence-electron chi connectivity index (χ1n) is 13.3. The SMILES string of the molecule is C=CC(=O)N1CCN(c2nc(=O)c(-c3ccccc3CCC)c3cc(-c4ccccc4F)c(C)nn23)[C@@H](C)C1. The third-order valence-electron chi connectivity index (χ3n) is 7.35. The Morgan fingerprint density at radius 3 is 2.51 bits per heavy atom. The summed E-state index contributed by atoms with van der Waals surface area (Å²) in [6.07, 6.45) is 3.04. The molecular weight excluding hydrogens is 493 g/mol. The molecule has 4 aromatic rings. The molecule has 5 rings (SSSR count). The summed E-state index contributed by atoms with van der Waals surface area (Å²) >= 11 is 0. The molecule has 0 unspecified atom stereocenters. The van der Waals surface area contributed by atoms with Crippen LogP contribution >= 0.6 is 0 Å². The van der Waals surface area contributed by atoms with Gasteiger partial charge >= 0.3 is 0 Å². The Morgan fingerprint density at radius 2 is 1.82 bits per heavy atom. The number of carbonyl (C=O) groups excluding carboxylic acids is 1. The molecule has 0 saturated carbocycles. The van der Waals surface area contributed by atoms with Crippen LogP contribution in [0.1, 0.15) is 31.5 Å². The first-order chi connectivity index (χ1) is 18.8. The summed E-state index contributed by atoms with van der Waals surface area (Å²) in [5.41, 5.74) is 4.15. The van der Waals surface area contributed by atoms with Gasteiger partial charge in [0.25, 0.3) is 5.56 Å². The molecule has 1 atom stereocenters. The van der Waals surface area contributed by atoms with Crippen LogP contribution < -0.4 is 10.5 Å². The van der Waals surface area contributed by atoms with Crippen LogP contribution in [0, 0.1) is 12.7 Å². The van der Waals surface area contributed by atoms with E-state index in [1.165, 1.54) is 12.1 Å². The summed E-state index contributed by atoms with van der Waals surface area (Å²) in [7, 11) is 0. The van der Waals surface area contributed by atoms with E-state index in [0.29, 0.717) is 53.5 Å². The van der Waals surface area contributed by atoms with Crippen molar-refractivity contribution in [3.05, 3.63) is 94.7 Å². The second kappa shape index (κ2) is 10.8. The van der Waals surface area contributed by atoms with Crippen molar-refractivity contribution in [2.75, 3.05) is 24.5 Å². The topological polar surface area (TPSA) is 70.8 Å². The highest BCUT2D eigenvalue weighted by atomic mass is 19.1. The summed E-state index contributed by atoms with van der Waals surface area (Å²) in [6.45, 7) is 10.9. The fraction of sp³-hybridized carbons (Fsp3) is 0.290. The predicted octanol–water partition coefficient (Wildman–Crippen LogP) is 5.05. The molecule has 1 aliphatic heterocycles. The lowest BCUT2D eigenvalue weighted by Crippen LogP contribution is -2.54. The molecule has 0 N–H and O–H groups in total. The van der Waals surface area contributed by atoms with Crippen LogP contribution in [0.3, 0.4) is 0 Å². The fourth-order valence-electron chi connectivity index (χ4n) is 5.42. The lowest BCUT2D eigenvalue weighted by molar-refractivity contribution is -0.126. The van der Waals surface area contributed by atoms with E-state index >= 15 is 0 Å². The van der Waals surface area contributed by atoms with Crippen molar-refractivity contribution in [1.82, 2.24) is 19.5 Å². The van der Waals surface area contributed by atoms with Crippen molar-refractivity contribution in [2.24, 2.45) is 0 Å². The highest BCUT2D eigenvalue weighted by molar-refractivity contribution is 5.87. The molecule has 0 spiro atoms. The lowest BCUT2D eigenvalue weighted by Gasteiger charge is -2.40. The van der Waals surface area contributed by atoms with E-state index in [9.17, 15) is 14.0 Å². The first-order valence-corrected chi connectivity index (χ1v) is 13.3. The number of halogens is 1. The number of carbonyl (C=O) groups is 1. The number of fused-ring (bicyclic) bond motifs is 1. The van der Waals surface area contributed by atoms with Gasteiger partial charge in [-0.1, -0.05) is 62.4 Å². The minimum absolute atomic E-state index is 0.114. The molecule has 1 saturated heterocycles. The highest BCUT2D eigenvalue weighted by Crippen LogP contribution is 2.33. The molecule has 2 aromatic heterocycles. The van der Waals surface area contributed by atoms with Gasteiger partial charge in [-0.05, 0) is 49.6 Å². The molecule has 0 bridgehead atoms. The summed E-state index contributed by atoms with van der Waals surface area (Å²) in [5, 5.41) is 4.89. The van der Waals surface area contributed by atoms with Crippen LogP contribution in [0.5, 0.6) is 0 Å². The van der Waals surface area contributed by atoms with Crippen molar-refractivity contribution in [2.45, 2.75) is 39.7 Å². The third-order valence-corrected chi connectivity index (χ3v) is 7.35. The van der Waals surface area contributed by atoms with Crippen LogP contribution in [0.2, 0.25) is 0 Å². The quantitative estimate of drug-likeness (QED) is 0.330. The van der Waals surface area contributed by atoms with E-state index in [1.54, 1.807) is 27.6 Å². The molecule has 0 radical (unpaired) electrons. The maximum Gasteiger partial charge on any atom is 0.283 e. The predicted molar refractivity (Wildman–Crippen MR) is 152 cm³/mol. The van der Waals surface area contributed by atoms with E-state index in [4.69, 9.17) is 5.10 Å². The van der Waals surface area contributed by atoms with Gasteiger partial charge in [-0.2, -0.15) is 14.6 Å². The zero-order valence-electron chi connectivity index (χ0n) is 22.5. The van der Waals surface area contributed by atoms with Gasteiger partial charge in [-0.15, -0.1) is 0 Å². The maximum absolute atomic E-state index is 14.9. The minimum atomic E-state index is -0.365. The van der Waals surface area contributed by atoms with E-state index in [-0.39, 0.29) is 23.3 Å². The zero-order chi connectivity index (χ0) is 27.7. The summed E-state index contributed by atoms with van der Waals surface area (Å²) in [6, 6.07) is 16.2. The average Bonchev–Trinajstić information content (AvgIpc) is 2.93. The zero-order valence-corrected chi connectivity index (χ0v) is 22.5. The van der Waals surface area contributed by atoms with Crippen LogP contribution in [-0.4, -0.2) is 51.1 Å². The number of rotatable bonds is 6. The van der Waals surface area contributed by atoms with Crippen molar-refractivity contribution < 1.29 is 9.18 Å². The average molecular weight is 526 g/mol. The summed E-state index contributed by atoms with van der Waals surface area (Å²) in [5.74, 6) is -0.0658. The van der Waals surface area contributed by atoms with E-state index in [1.807, 2.05) is 49.1 Å². The monoisotopic (exact) mass is 525 g/mol. The van der Waals surface area contributed by atoms with Gasteiger partial charge in [0.15, 0.2) is 0 Å². The van der Waals surface area contributed by atoms with Gasteiger partial charge < -0.3 is 9.80 Å². The lowest BCUT2D eigenvalue weighted by atomic mass is 9.96. The third kappa shape index (κ3) is 4.82. The normalized spacial score (nSPS) is 15.5. The standard InChI is InChI=1S/C31H32FN5O2/c1-5-11-22-12-7-8-13-23(22)29-27-18-25(24-14-9-10-15-26(24)32)21(4)34-37(27)31(33-30(29)39)36-17-16-35(19-20(36)3)28(38)6-2/h6-10,12-15,18,20H,2,5,11,16-17,19H2,1,3-4H3/t20-/m0/s1. The van der Waals surface area contributed by atoms with Crippen molar-refractivity contribution in [1.29, 1.82) is 0 Å². The van der Waals surface area contributed by atoms with Gasteiger partial charge in [0.05, 0.1) is 16.8 Å². The van der Waals surface area contributed by atoms with Gasteiger partial charge in [-0.3, -0.25) is 9.59 Å². The van der Waals surface area contributed by atoms with Gasteiger partial charge in [0.1, 0.15) is 5.82 Å². The number of aromatic nitrogens is 3. The second-order valence-corrected chi connectivity index (χ2v) is 9.95. The van der Waals surface area contributed by atoms with E-state index in [2.05, 4.69) is 18.5 Å². The Balaban J connectivity index is 1.77. The Kier molecular flexibility index (Phi) is 7.28. The van der Waals surface area contributed by atoms with Gasteiger partial charge in [0, 0.05) is 36.8 Å². The number of piperazine rings is 1. The van der Waals surface area contributed by atoms with Crippen molar-refractivity contribution >= 4 is 17.4 Å². The largest absolute Gasteiger partial charge is 0.335 e. The number of amides is 1. The maximum atomic E-state index is 14.9. The molecule has 0 aliphatic carbocycles. The van der Waals surface area contributed by atoms with Crippen LogP contribution in [0.4, 0.5) is 10.3 Å². The molecule has 7 nitrogen and oxygen atoms in total. The van der Waals surface area contributed by atoms with Crippen molar-refractivity contribution in [3.8, 4) is 22.3 Å². The number of hydrogen-bond donors (Lipinski definition) is 0. The van der Waals surface area contributed by atoms with E-state index < -0.39 is 0 Å². The molecule has 2 aromatic carbocycles. The molecule has 8 heteroatoms. The molecular formula is C31H32FN5O2. The van der Waals surface area contributed by atoms with Crippen LogP contribution in [-0.2, 0) is 11.2 Å². The molecule has 1 amide bonds. The molecule has 3 heterocycles. The van der Waals surface area contributed by atoms with Gasteiger partial charge in [-0.25, -0.2) is 4.39 Å². The number of nitrogens with zero attached hydrogens (tertiary/aromatic N) is 5. The number of anilines is 1. The Morgan fingerprint density at radius 1 is 1.10 bits per heavy atom. The Labute approximate surface area is 227 Å². The summed E-state index contributed by atoms with van der Waals surface area (Å²) in [4.78, 5) is 34.4. The van der Waals surface area contributed by atoms with E-state index in [0.717, 1.165) is 24.0 Å². The fourth-order valence-corrected chi connectivity index (χ4v) is 5.42. The van der Waals surface area contributed by atoms with Crippen LogP contribution in [0.15, 0.2) is 72.0 Å². The van der Waals surface area contributed by atoms with Gasteiger partial charge in [0.2, 0.25) is 11.9 Å². The Hall–Kier alpha value is -4.33. The number of benzene rings is 2. The number of hydrogen-bond acceptors (Lipinski definition) is 5. The molecule has 1 fully saturated rings. The van der Waals surface area contributed by atoms with Crippen molar-refractivity contribution in [3.63, 3.8) is 0 Å². The Bertz CT molecular complexity index is 1630. The first kappa shape index (κ1) is 26.3. The number of aryl methyl sites for hydroxylation is 2. The van der Waals surface area contributed by atoms with Crippen LogP contribution in [0.25, 0.3) is 27.8 Å². The summed E-state index contributed by atoms with van der Waals surface area (Å²) < 4.78 is 16.6. The molecule has 200 valence electrons. The highest BCUT2D eigenvalue weighted by Gasteiger charge is 2.30.